The Labute approximate surface area is 108 Å². The lowest BCUT2D eigenvalue weighted by Crippen LogP contribution is -2.01. The summed E-state index contributed by atoms with van der Waals surface area (Å²) in [6.07, 6.45) is 8.03. The number of halogens is 1. The van der Waals surface area contributed by atoms with Crippen LogP contribution in [-0.2, 0) is 6.42 Å². The maximum atomic E-state index is 4.68. The number of fused-ring (bicyclic) bond motifs is 1. The standard InChI is InChI=1S/C12H13BrN2S/c13-11-4-1-5-15-8-9(14-12(11)15)7-10-3-2-6-16-10/h1,4-5,8,10H,2-3,6-7H2. The van der Waals surface area contributed by atoms with E-state index in [0.29, 0.717) is 0 Å². The van der Waals surface area contributed by atoms with Gasteiger partial charge < -0.3 is 4.40 Å². The highest BCUT2D eigenvalue weighted by molar-refractivity contribution is 9.10. The lowest BCUT2D eigenvalue weighted by molar-refractivity contribution is 0.767. The van der Waals surface area contributed by atoms with Crippen LogP contribution in [0, 0.1) is 0 Å². The van der Waals surface area contributed by atoms with Gasteiger partial charge in [0, 0.05) is 24.1 Å². The molecular weight excluding hydrogens is 284 g/mol. The van der Waals surface area contributed by atoms with Crippen molar-refractivity contribution in [2.24, 2.45) is 0 Å². The number of pyridine rings is 1. The van der Waals surface area contributed by atoms with Gasteiger partial charge in [-0.1, -0.05) is 0 Å². The van der Waals surface area contributed by atoms with Crippen LogP contribution in [0.25, 0.3) is 5.65 Å². The molecular formula is C12H13BrN2S. The molecule has 0 bridgehead atoms. The summed E-state index contributed by atoms with van der Waals surface area (Å²) < 4.78 is 3.17. The van der Waals surface area contributed by atoms with Crippen molar-refractivity contribution in [1.82, 2.24) is 9.38 Å². The molecule has 1 aliphatic rings. The number of aromatic nitrogens is 2. The smallest absolute Gasteiger partial charge is 0.151 e. The van der Waals surface area contributed by atoms with E-state index in [4.69, 9.17) is 0 Å². The second-order valence-corrected chi connectivity index (χ2v) is 6.42. The van der Waals surface area contributed by atoms with Crippen LogP contribution in [0.3, 0.4) is 0 Å². The molecule has 0 aliphatic carbocycles. The SMILES string of the molecule is Brc1cccn2cc(CC3CCCS3)nc12. The van der Waals surface area contributed by atoms with E-state index in [1.165, 1.54) is 24.3 Å². The summed E-state index contributed by atoms with van der Waals surface area (Å²) in [4.78, 5) is 4.68. The van der Waals surface area contributed by atoms with E-state index in [2.05, 4.69) is 49.5 Å². The molecule has 0 saturated carbocycles. The number of rotatable bonds is 2. The molecule has 3 heterocycles. The number of imidazole rings is 1. The largest absolute Gasteiger partial charge is 0.306 e. The Bertz CT molecular complexity index is 503. The Balaban J connectivity index is 1.90. The van der Waals surface area contributed by atoms with Gasteiger partial charge in [-0.3, -0.25) is 0 Å². The summed E-state index contributed by atoms with van der Waals surface area (Å²) in [7, 11) is 0. The first-order chi connectivity index (χ1) is 7.83. The van der Waals surface area contributed by atoms with E-state index >= 15 is 0 Å². The molecule has 16 heavy (non-hydrogen) atoms. The molecule has 1 unspecified atom stereocenters. The molecule has 84 valence electrons. The van der Waals surface area contributed by atoms with Gasteiger partial charge in [-0.05, 0) is 46.7 Å². The molecule has 0 N–H and O–H groups in total. The lowest BCUT2D eigenvalue weighted by atomic mass is 10.2. The third-order valence-electron chi connectivity index (χ3n) is 2.95. The minimum Gasteiger partial charge on any atom is -0.306 e. The highest BCUT2D eigenvalue weighted by Gasteiger charge is 2.17. The summed E-state index contributed by atoms with van der Waals surface area (Å²) in [6, 6.07) is 4.07. The molecule has 4 heteroatoms. The van der Waals surface area contributed by atoms with Crippen LogP contribution >= 0.6 is 27.7 Å². The average Bonchev–Trinajstić information content (AvgIpc) is 2.88. The molecule has 1 aliphatic heterocycles. The maximum Gasteiger partial charge on any atom is 0.151 e. The fourth-order valence-corrected chi connectivity index (χ4v) is 3.90. The Kier molecular flexibility index (Phi) is 2.94. The van der Waals surface area contributed by atoms with E-state index in [1.807, 2.05) is 12.1 Å². The molecule has 1 saturated heterocycles. The Morgan fingerprint density at radius 1 is 1.56 bits per heavy atom. The normalized spacial score (nSPS) is 20.7. The molecule has 0 radical (unpaired) electrons. The number of hydrogen-bond acceptors (Lipinski definition) is 2. The van der Waals surface area contributed by atoms with Gasteiger partial charge in [0.2, 0.25) is 0 Å². The molecule has 0 aromatic carbocycles. The zero-order chi connectivity index (χ0) is 11.0. The van der Waals surface area contributed by atoms with Gasteiger partial charge in [0.15, 0.2) is 5.65 Å². The zero-order valence-corrected chi connectivity index (χ0v) is 11.3. The van der Waals surface area contributed by atoms with Crippen molar-refractivity contribution < 1.29 is 0 Å². The molecule has 0 amide bonds. The quantitative estimate of drug-likeness (QED) is 0.843. The number of nitrogens with zero attached hydrogens (tertiary/aromatic N) is 2. The third kappa shape index (κ3) is 2.00. The third-order valence-corrected chi connectivity index (χ3v) is 4.96. The highest BCUT2D eigenvalue weighted by atomic mass is 79.9. The fraction of sp³-hybridized carbons (Fsp3) is 0.417. The van der Waals surface area contributed by atoms with Crippen LogP contribution < -0.4 is 0 Å². The van der Waals surface area contributed by atoms with Gasteiger partial charge in [-0.15, -0.1) is 0 Å². The summed E-state index contributed by atoms with van der Waals surface area (Å²) in [5.74, 6) is 1.32. The van der Waals surface area contributed by atoms with Crippen LogP contribution in [0.2, 0.25) is 0 Å². The first-order valence-corrected chi connectivity index (χ1v) is 7.41. The number of hydrogen-bond donors (Lipinski definition) is 0. The Morgan fingerprint density at radius 3 is 3.25 bits per heavy atom. The average molecular weight is 297 g/mol. The summed E-state index contributed by atoms with van der Waals surface area (Å²) >= 11 is 5.62. The van der Waals surface area contributed by atoms with Crippen molar-refractivity contribution in [3.63, 3.8) is 0 Å². The van der Waals surface area contributed by atoms with Gasteiger partial charge in [0.05, 0.1) is 10.2 Å². The predicted molar refractivity (Wildman–Crippen MR) is 72.1 cm³/mol. The molecule has 2 nitrogen and oxygen atoms in total. The van der Waals surface area contributed by atoms with Crippen molar-refractivity contribution >= 4 is 33.3 Å². The van der Waals surface area contributed by atoms with E-state index in [1.54, 1.807) is 0 Å². The van der Waals surface area contributed by atoms with Gasteiger partial charge >= 0.3 is 0 Å². The van der Waals surface area contributed by atoms with Crippen LogP contribution in [0.15, 0.2) is 29.0 Å². The van der Waals surface area contributed by atoms with Gasteiger partial charge in [-0.2, -0.15) is 11.8 Å². The molecule has 2 aromatic rings. The van der Waals surface area contributed by atoms with Crippen LogP contribution in [0.1, 0.15) is 18.5 Å². The van der Waals surface area contributed by atoms with Gasteiger partial charge in [0.1, 0.15) is 0 Å². The molecule has 1 fully saturated rings. The predicted octanol–water partition coefficient (Wildman–Crippen LogP) is 3.53. The van der Waals surface area contributed by atoms with Gasteiger partial charge in [-0.25, -0.2) is 4.98 Å². The first kappa shape index (κ1) is 10.7. The Morgan fingerprint density at radius 2 is 2.50 bits per heavy atom. The minimum atomic E-state index is 0.781. The minimum absolute atomic E-state index is 0.781. The second kappa shape index (κ2) is 4.41. The van der Waals surface area contributed by atoms with E-state index in [0.717, 1.165) is 21.8 Å². The van der Waals surface area contributed by atoms with E-state index in [9.17, 15) is 0 Å². The van der Waals surface area contributed by atoms with Crippen molar-refractivity contribution in [3.05, 3.63) is 34.7 Å². The van der Waals surface area contributed by atoms with Crippen LogP contribution in [0.5, 0.6) is 0 Å². The second-order valence-electron chi connectivity index (χ2n) is 4.16. The summed E-state index contributed by atoms with van der Waals surface area (Å²) in [5, 5.41) is 0.781. The molecule has 3 rings (SSSR count). The topological polar surface area (TPSA) is 17.3 Å². The van der Waals surface area contributed by atoms with Crippen LogP contribution in [-0.4, -0.2) is 20.4 Å². The van der Waals surface area contributed by atoms with Crippen molar-refractivity contribution in [2.45, 2.75) is 24.5 Å². The fourth-order valence-electron chi connectivity index (χ4n) is 2.17. The molecule has 0 spiro atoms. The summed E-state index contributed by atoms with van der Waals surface area (Å²) in [5.41, 5.74) is 2.24. The van der Waals surface area contributed by atoms with Gasteiger partial charge in [0.25, 0.3) is 0 Å². The first-order valence-electron chi connectivity index (χ1n) is 5.56. The van der Waals surface area contributed by atoms with E-state index < -0.39 is 0 Å². The number of thioether (sulfide) groups is 1. The monoisotopic (exact) mass is 296 g/mol. The molecule has 2 aromatic heterocycles. The maximum absolute atomic E-state index is 4.68. The Hall–Kier alpha value is -0.480. The lowest BCUT2D eigenvalue weighted by Gasteiger charge is -2.03. The molecule has 1 atom stereocenters. The highest BCUT2D eigenvalue weighted by Crippen LogP contribution is 2.29. The van der Waals surface area contributed by atoms with E-state index in [-0.39, 0.29) is 0 Å². The van der Waals surface area contributed by atoms with Crippen LogP contribution in [0.4, 0.5) is 0 Å². The zero-order valence-electron chi connectivity index (χ0n) is 8.90. The van der Waals surface area contributed by atoms with Crippen molar-refractivity contribution in [3.8, 4) is 0 Å². The summed E-state index contributed by atoms with van der Waals surface area (Å²) in [6.45, 7) is 0. The van der Waals surface area contributed by atoms with Crippen molar-refractivity contribution in [1.29, 1.82) is 0 Å². The van der Waals surface area contributed by atoms with Crippen molar-refractivity contribution in [2.75, 3.05) is 5.75 Å².